The van der Waals surface area contributed by atoms with E-state index >= 15 is 0 Å². The van der Waals surface area contributed by atoms with Crippen molar-refractivity contribution in [1.82, 2.24) is 15.5 Å². The summed E-state index contributed by atoms with van der Waals surface area (Å²) < 4.78 is 6.05. The first-order valence-electron chi connectivity index (χ1n) is 10.8. The lowest BCUT2D eigenvalue weighted by molar-refractivity contribution is -0.121. The van der Waals surface area contributed by atoms with Gasteiger partial charge in [-0.25, -0.2) is 0 Å². The minimum atomic E-state index is -0.393. The van der Waals surface area contributed by atoms with Crippen LogP contribution in [0.4, 0.5) is 6.01 Å². The molecule has 0 bridgehead atoms. The number of halogens is 1. The predicted octanol–water partition coefficient (Wildman–Crippen LogP) is 4.75. The summed E-state index contributed by atoms with van der Waals surface area (Å²) in [5.41, 5.74) is 1.99. The van der Waals surface area contributed by atoms with Crippen molar-refractivity contribution in [1.29, 1.82) is 0 Å². The average molecular weight is 439 g/mol. The molecule has 1 fully saturated rings. The van der Waals surface area contributed by atoms with E-state index in [0.29, 0.717) is 23.3 Å². The van der Waals surface area contributed by atoms with E-state index in [1.54, 1.807) is 12.1 Å². The van der Waals surface area contributed by atoms with Crippen LogP contribution >= 0.6 is 11.6 Å². The lowest BCUT2D eigenvalue weighted by atomic mass is 10.1. The quantitative estimate of drug-likeness (QED) is 0.576. The molecule has 1 unspecified atom stereocenters. The molecule has 0 radical (unpaired) electrons. The van der Waals surface area contributed by atoms with E-state index in [4.69, 9.17) is 16.0 Å². The molecular weight excluding hydrogens is 412 g/mol. The van der Waals surface area contributed by atoms with E-state index in [1.807, 2.05) is 42.5 Å². The van der Waals surface area contributed by atoms with Crippen LogP contribution in [0.2, 0.25) is 5.02 Å². The van der Waals surface area contributed by atoms with Crippen molar-refractivity contribution in [3.63, 3.8) is 0 Å². The Morgan fingerprint density at radius 3 is 2.39 bits per heavy atom. The van der Waals surface area contributed by atoms with Crippen LogP contribution in [0.1, 0.15) is 48.7 Å². The Balaban J connectivity index is 1.50. The van der Waals surface area contributed by atoms with Crippen LogP contribution in [0.15, 0.2) is 59.0 Å². The molecule has 3 aromatic rings. The first kappa shape index (κ1) is 21.4. The molecule has 1 aliphatic heterocycles. The fourth-order valence-corrected chi connectivity index (χ4v) is 3.97. The zero-order valence-electron chi connectivity index (χ0n) is 17.5. The second kappa shape index (κ2) is 10.4. The fourth-order valence-electron chi connectivity index (χ4n) is 3.84. The standard InChI is InChI=1S/C24H27ClN4O2/c25-20-12-10-19(11-13-20)17-22(30)26-21(16-18-8-4-3-5-9-18)23-27-28-24(31-23)29-14-6-1-2-7-15-29/h3-5,8-13,21H,1-2,6-7,14-17H2,(H,26,30). The highest BCUT2D eigenvalue weighted by Gasteiger charge is 2.24. The first-order valence-corrected chi connectivity index (χ1v) is 11.2. The van der Waals surface area contributed by atoms with E-state index in [2.05, 4.69) is 20.4 Å². The summed E-state index contributed by atoms with van der Waals surface area (Å²) in [6.07, 6.45) is 5.56. The van der Waals surface area contributed by atoms with Crippen LogP contribution in [0, 0.1) is 0 Å². The molecule has 1 atom stereocenters. The number of rotatable bonds is 7. The number of nitrogens with one attached hydrogen (secondary N) is 1. The minimum Gasteiger partial charge on any atom is -0.406 e. The number of amides is 1. The van der Waals surface area contributed by atoms with Gasteiger partial charge in [-0.05, 0) is 36.1 Å². The number of carbonyl (C=O) groups excluding carboxylic acids is 1. The van der Waals surface area contributed by atoms with Gasteiger partial charge in [-0.2, -0.15) is 0 Å². The van der Waals surface area contributed by atoms with E-state index in [1.165, 1.54) is 12.8 Å². The summed E-state index contributed by atoms with van der Waals surface area (Å²) >= 11 is 5.95. The number of hydrogen-bond donors (Lipinski definition) is 1. The van der Waals surface area contributed by atoms with Crippen molar-refractivity contribution in [3.8, 4) is 0 Å². The summed E-state index contributed by atoms with van der Waals surface area (Å²) in [5.74, 6) is 0.338. The highest BCUT2D eigenvalue weighted by Crippen LogP contribution is 2.23. The maximum Gasteiger partial charge on any atom is 0.318 e. The third kappa shape index (κ3) is 6.07. The lowest BCUT2D eigenvalue weighted by Crippen LogP contribution is -2.31. The van der Waals surface area contributed by atoms with Crippen molar-refractivity contribution in [2.24, 2.45) is 0 Å². The molecule has 6 nitrogen and oxygen atoms in total. The smallest absolute Gasteiger partial charge is 0.318 e. The van der Waals surface area contributed by atoms with Crippen molar-refractivity contribution in [2.45, 2.75) is 44.6 Å². The van der Waals surface area contributed by atoms with E-state index in [-0.39, 0.29) is 12.3 Å². The molecule has 1 saturated heterocycles. The van der Waals surface area contributed by atoms with Gasteiger partial charge in [0.15, 0.2) is 0 Å². The zero-order valence-corrected chi connectivity index (χ0v) is 18.2. The van der Waals surface area contributed by atoms with Crippen LogP contribution in [0.5, 0.6) is 0 Å². The molecule has 4 rings (SSSR count). The van der Waals surface area contributed by atoms with E-state index in [0.717, 1.165) is 37.1 Å². The number of anilines is 1. The number of carbonyl (C=O) groups is 1. The van der Waals surface area contributed by atoms with Crippen molar-refractivity contribution in [3.05, 3.63) is 76.6 Å². The summed E-state index contributed by atoms with van der Waals surface area (Å²) in [5, 5.41) is 12.3. The third-order valence-corrected chi connectivity index (χ3v) is 5.75. The van der Waals surface area contributed by atoms with Gasteiger partial charge in [0.25, 0.3) is 0 Å². The van der Waals surface area contributed by atoms with Crippen molar-refractivity contribution in [2.75, 3.05) is 18.0 Å². The van der Waals surface area contributed by atoms with E-state index in [9.17, 15) is 4.79 Å². The molecule has 162 valence electrons. The molecular formula is C24H27ClN4O2. The Morgan fingerprint density at radius 1 is 0.968 bits per heavy atom. The van der Waals surface area contributed by atoms with Crippen molar-refractivity contribution >= 4 is 23.5 Å². The highest BCUT2D eigenvalue weighted by atomic mass is 35.5. The highest BCUT2D eigenvalue weighted by molar-refractivity contribution is 6.30. The summed E-state index contributed by atoms with van der Waals surface area (Å²) in [6.45, 7) is 1.85. The topological polar surface area (TPSA) is 71.3 Å². The van der Waals surface area contributed by atoms with E-state index < -0.39 is 6.04 Å². The van der Waals surface area contributed by atoms with Gasteiger partial charge in [-0.15, -0.1) is 5.10 Å². The Hall–Kier alpha value is -2.86. The zero-order chi connectivity index (χ0) is 21.5. The molecule has 2 heterocycles. The minimum absolute atomic E-state index is 0.0993. The van der Waals surface area contributed by atoms with Crippen LogP contribution in [0.3, 0.4) is 0 Å². The normalized spacial score (nSPS) is 15.3. The Labute approximate surface area is 187 Å². The Kier molecular flexibility index (Phi) is 7.20. The van der Waals surface area contributed by atoms with Gasteiger partial charge in [-0.3, -0.25) is 4.79 Å². The monoisotopic (exact) mass is 438 g/mol. The van der Waals surface area contributed by atoms with Gasteiger partial charge in [0.2, 0.25) is 11.8 Å². The largest absolute Gasteiger partial charge is 0.406 e. The molecule has 1 N–H and O–H groups in total. The lowest BCUT2D eigenvalue weighted by Gasteiger charge is -2.18. The van der Waals surface area contributed by atoms with Crippen LogP contribution < -0.4 is 10.2 Å². The Bertz CT molecular complexity index is 967. The summed E-state index contributed by atoms with van der Waals surface area (Å²) in [7, 11) is 0. The average Bonchev–Trinajstić information content (AvgIpc) is 3.11. The number of nitrogens with zero attached hydrogens (tertiary/aromatic N) is 3. The molecule has 1 aromatic heterocycles. The SMILES string of the molecule is O=C(Cc1ccc(Cl)cc1)NC(Cc1ccccc1)c1nnc(N2CCCCCC2)o1. The van der Waals surface area contributed by atoms with Gasteiger partial charge in [0.1, 0.15) is 6.04 Å². The number of benzene rings is 2. The number of hydrogen-bond acceptors (Lipinski definition) is 5. The maximum absolute atomic E-state index is 12.8. The van der Waals surface area contributed by atoms with Crippen LogP contribution in [-0.4, -0.2) is 29.2 Å². The molecule has 7 heteroatoms. The van der Waals surface area contributed by atoms with Crippen LogP contribution in [-0.2, 0) is 17.6 Å². The first-order chi connectivity index (χ1) is 15.2. The van der Waals surface area contributed by atoms with Crippen molar-refractivity contribution < 1.29 is 9.21 Å². The summed E-state index contributed by atoms with van der Waals surface area (Å²) in [6, 6.07) is 17.5. The molecule has 0 spiro atoms. The summed E-state index contributed by atoms with van der Waals surface area (Å²) in [4.78, 5) is 14.9. The number of aromatic nitrogens is 2. The fraction of sp³-hybridized carbons (Fsp3) is 0.375. The molecule has 1 amide bonds. The second-order valence-corrected chi connectivity index (χ2v) is 8.37. The Morgan fingerprint density at radius 2 is 1.68 bits per heavy atom. The second-order valence-electron chi connectivity index (χ2n) is 7.94. The van der Waals surface area contributed by atoms with Gasteiger partial charge >= 0.3 is 6.01 Å². The van der Waals surface area contributed by atoms with Gasteiger partial charge < -0.3 is 14.6 Å². The van der Waals surface area contributed by atoms with Gasteiger partial charge in [0.05, 0.1) is 6.42 Å². The maximum atomic E-state index is 12.8. The van der Waals surface area contributed by atoms with Gasteiger partial charge in [-0.1, -0.05) is 72.0 Å². The molecule has 31 heavy (non-hydrogen) atoms. The van der Waals surface area contributed by atoms with Gasteiger partial charge in [0, 0.05) is 24.5 Å². The predicted molar refractivity (Wildman–Crippen MR) is 121 cm³/mol. The third-order valence-electron chi connectivity index (χ3n) is 5.50. The molecule has 1 aliphatic rings. The molecule has 2 aromatic carbocycles. The molecule has 0 saturated carbocycles. The molecule has 0 aliphatic carbocycles. The van der Waals surface area contributed by atoms with Crippen LogP contribution in [0.25, 0.3) is 0 Å².